The lowest BCUT2D eigenvalue weighted by Gasteiger charge is -2.15. The van der Waals surface area contributed by atoms with Gasteiger partial charge in [0.2, 0.25) is 5.95 Å². The number of fused-ring (bicyclic) bond motifs is 10. The molecule has 7 aromatic carbocycles. The lowest BCUT2D eigenvalue weighted by molar-refractivity contribution is 0.671. The van der Waals surface area contributed by atoms with Crippen molar-refractivity contribution in [1.82, 2.24) is 24.1 Å². The van der Waals surface area contributed by atoms with Crippen LogP contribution < -0.4 is 0 Å². The van der Waals surface area contributed by atoms with Crippen molar-refractivity contribution in [1.29, 1.82) is 0 Å². The summed E-state index contributed by atoms with van der Waals surface area (Å²) in [6, 6.07) is 56.6. The van der Waals surface area contributed by atoms with E-state index in [2.05, 4.69) is 130 Å². The second kappa shape index (κ2) is 10.7. The van der Waals surface area contributed by atoms with Crippen molar-refractivity contribution in [2.24, 2.45) is 0 Å². The number of rotatable bonds is 4. The molecule has 0 bridgehead atoms. The van der Waals surface area contributed by atoms with E-state index in [1.165, 1.54) is 0 Å². The van der Waals surface area contributed by atoms with Crippen LogP contribution >= 0.6 is 0 Å². The van der Waals surface area contributed by atoms with Gasteiger partial charge in [0.25, 0.3) is 0 Å². The Kier molecular flexibility index (Phi) is 5.86. The van der Waals surface area contributed by atoms with Crippen LogP contribution in [0.4, 0.5) is 0 Å². The molecule has 0 saturated carbocycles. The van der Waals surface area contributed by atoms with Gasteiger partial charge in [0, 0.05) is 43.4 Å². The summed E-state index contributed by atoms with van der Waals surface area (Å²) in [7, 11) is 0. The Bertz CT molecular complexity index is 3100. The fraction of sp³-hybridized carbons (Fsp3) is 0. The number of furan rings is 1. The number of nitrogens with zero attached hydrogens (tertiary/aromatic N) is 5. The van der Waals surface area contributed by atoms with Gasteiger partial charge in [0.05, 0.1) is 27.8 Å². The molecule has 51 heavy (non-hydrogen) atoms. The molecular formula is C45H27N5O. The third-order valence-electron chi connectivity index (χ3n) is 10.0. The van der Waals surface area contributed by atoms with Crippen molar-refractivity contribution < 1.29 is 4.42 Å². The zero-order valence-corrected chi connectivity index (χ0v) is 27.2. The third-order valence-corrected chi connectivity index (χ3v) is 10.0. The molecule has 0 aliphatic heterocycles. The summed E-state index contributed by atoms with van der Waals surface area (Å²) in [5.74, 6) is 1.75. The molecule has 4 aromatic heterocycles. The molecule has 0 unspecified atom stereocenters. The van der Waals surface area contributed by atoms with Crippen molar-refractivity contribution >= 4 is 65.6 Å². The first-order chi connectivity index (χ1) is 25.3. The molecule has 0 amide bonds. The van der Waals surface area contributed by atoms with Crippen LogP contribution in [0.2, 0.25) is 0 Å². The van der Waals surface area contributed by atoms with E-state index in [1.54, 1.807) is 0 Å². The van der Waals surface area contributed by atoms with Gasteiger partial charge in [-0.2, -0.15) is 9.97 Å². The highest BCUT2D eigenvalue weighted by molar-refractivity contribution is 6.21. The molecule has 0 N–H and O–H groups in total. The van der Waals surface area contributed by atoms with Gasteiger partial charge in [0.15, 0.2) is 17.2 Å². The highest BCUT2D eigenvalue weighted by Gasteiger charge is 2.23. The standard InChI is InChI=1S/C45H27N5O/c1-2-14-28(15-3-1)43-46-44(48-45(47-43)50-37-22-10-4-16-29(37)30-17-5-11-23-38(30)50)35-20-7-12-24-39(35)49-36-21-9-6-18-31(36)33-26-27-34-32-19-8-13-25-40(32)51-42(34)41(33)49/h1-27H. The summed E-state index contributed by atoms with van der Waals surface area (Å²) in [5, 5.41) is 6.75. The molecule has 4 heterocycles. The predicted octanol–water partition coefficient (Wildman–Crippen LogP) is 11.3. The smallest absolute Gasteiger partial charge is 0.238 e. The van der Waals surface area contributed by atoms with Gasteiger partial charge < -0.3 is 8.98 Å². The Morgan fingerprint density at radius 3 is 1.69 bits per heavy atom. The second-order valence-corrected chi connectivity index (χ2v) is 12.8. The summed E-state index contributed by atoms with van der Waals surface area (Å²) in [6.07, 6.45) is 0. The highest BCUT2D eigenvalue weighted by atomic mass is 16.3. The molecule has 0 fully saturated rings. The summed E-state index contributed by atoms with van der Waals surface area (Å²) < 4.78 is 11.1. The monoisotopic (exact) mass is 653 g/mol. The molecule has 0 saturated heterocycles. The predicted molar refractivity (Wildman–Crippen MR) is 207 cm³/mol. The van der Waals surface area contributed by atoms with E-state index in [9.17, 15) is 0 Å². The minimum absolute atomic E-state index is 0.563. The number of hydrogen-bond acceptors (Lipinski definition) is 4. The Morgan fingerprint density at radius 1 is 0.392 bits per heavy atom. The first kappa shape index (κ1) is 27.9. The average molecular weight is 654 g/mol. The first-order valence-corrected chi connectivity index (χ1v) is 17.0. The number of hydrogen-bond donors (Lipinski definition) is 0. The van der Waals surface area contributed by atoms with E-state index in [-0.39, 0.29) is 0 Å². The highest BCUT2D eigenvalue weighted by Crippen LogP contribution is 2.42. The van der Waals surface area contributed by atoms with Crippen LogP contribution in [0.1, 0.15) is 0 Å². The SMILES string of the molecule is c1ccc(-c2nc(-c3ccccc3-n3c4ccccc4c4ccc5c6ccccc6oc5c43)nc(-n3c4ccccc4c4ccccc43)n2)cc1. The summed E-state index contributed by atoms with van der Waals surface area (Å²) in [4.78, 5) is 15.7. The number of aromatic nitrogens is 5. The lowest BCUT2D eigenvalue weighted by atomic mass is 10.1. The fourth-order valence-electron chi connectivity index (χ4n) is 7.78. The number of para-hydroxylation sites is 5. The Labute approximate surface area is 291 Å². The lowest BCUT2D eigenvalue weighted by Crippen LogP contribution is -2.07. The largest absolute Gasteiger partial charge is 0.454 e. The molecule has 6 heteroatoms. The minimum Gasteiger partial charge on any atom is -0.454 e. The van der Waals surface area contributed by atoms with Gasteiger partial charge in [0.1, 0.15) is 5.58 Å². The molecule has 0 aliphatic carbocycles. The topological polar surface area (TPSA) is 61.7 Å². The van der Waals surface area contributed by atoms with Gasteiger partial charge in [-0.1, -0.05) is 121 Å². The summed E-state index contributed by atoms with van der Waals surface area (Å²) in [6.45, 7) is 0. The Morgan fingerprint density at radius 2 is 0.941 bits per heavy atom. The van der Waals surface area contributed by atoms with Crippen LogP contribution in [0, 0.1) is 0 Å². The minimum atomic E-state index is 0.563. The van der Waals surface area contributed by atoms with E-state index in [4.69, 9.17) is 19.4 Å². The van der Waals surface area contributed by atoms with Crippen molar-refractivity contribution in [2.45, 2.75) is 0 Å². The van der Waals surface area contributed by atoms with Gasteiger partial charge in [-0.25, -0.2) is 4.98 Å². The van der Waals surface area contributed by atoms with Crippen LogP contribution in [0.5, 0.6) is 0 Å². The Balaban J connectivity index is 1.24. The second-order valence-electron chi connectivity index (χ2n) is 12.8. The van der Waals surface area contributed by atoms with Crippen LogP contribution in [-0.2, 0) is 0 Å². The van der Waals surface area contributed by atoms with Crippen molar-refractivity contribution in [2.75, 3.05) is 0 Å². The van der Waals surface area contributed by atoms with E-state index in [0.29, 0.717) is 17.6 Å². The summed E-state index contributed by atoms with van der Waals surface area (Å²) in [5.41, 5.74) is 8.64. The Hall–Kier alpha value is -7.05. The van der Waals surface area contributed by atoms with Crippen molar-refractivity contribution in [3.63, 3.8) is 0 Å². The van der Waals surface area contributed by atoms with E-state index in [0.717, 1.165) is 82.4 Å². The van der Waals surface area contributed by atoms with Gasteiger partial charge in [-0.3, -0.25) is 4.57 Å². The van der Waals surface area contributed by atoms with E-state index in [1.807, 2.05) is 42.5 Å². The molecule has 238 valence electrons. The number of benzene rings is 7. The van der Waals surface area contributed by atoms with Crippen LogP contribution in [-0.4, -0.2) is 24.1 Å². The molecule has 0 atom stereocenters. The quantitative estimate of drug-likeness (QED) is 0.190. The van der Waals surface area contributed by atoms with Gasteiger partial charge in [-0.05, 0) is 42.5 Å². The van der Waals surface area contributed by atoms with Crippen LogP contribution in [0.3, 0.4) is 0 Å². The van der Waals surface area contributed by atoms with E-state index >= 15 is 0 Å². The summed E-state index contributed by atoms with van der Waals surface area (Å²) >= 11 is 0. The maximum absolute atomic E-state index is 6.66. The zero-order valence-electron chi connectivity index (χ0n) is 27.2. The molecular weight excluding hydrogens is 627 g/mol. The maximum Gasteiger partial charge on any atom is 0.238 e. The van der Waals surface area contributed by atoms with Crippen molar-refractivity contribution in [3.8, 4) is 34.4 Å². The molecule has 0 spiro atoms. The van der Waals surface area contributed by atoms with Gasteiger partial charge >= 0.3 is 0 Å². The van der Waals surface area contributed by atoms with Crippen LogP contribution in [0.25, 0.3) is 100.0 Å². The van der Waals surface area contributed by atoms with Gasteiger partial charge in [-0.15, -0.1) is 0 Å². The molecule has 0 radical (unpaired) electrons. The molecule has 0 aliphatic rings. The zero-order chi connectivity index (χ0) is 33.5. The maximum atomic E-state index is 6.66. The van der Waals surface area contributed by atoms with Crippen LogP contribution in [0.15, 0.2) is 168 Å². The first-order valence-electron chi connectivity index (χ1n) is 17.0. The average Bonchev–Trinajstić information content (AvgIpc) is 3.86. The molecule has 11 aromatic rings. The normalized spacial score (nSPS) is 11.9. The molecule has 6 nitrogen and oxygen atoms in total. The fourth-order valence-corrected chi connectivity index (χ4v) is 7.78. The van der Waals surface area contributed by atoms with E-state index < -0.39 is 0 Å². The third kappa shape index (κ3) is 4.07. The van der Waals surface area contributed by atoms with Crippen molar-refractivity contribution in [3.05, 3.63) is 164 Å². The molecule has 11 rings (SSSR count).